The van der Waals surface area contributed by atoms with Crippen LogP contribution < -0.4 is 31.9 Å². The average molecular weight is 380 g/mol. The lowest BCUT2D eigenvalue weighted by Crippen LogP contribution is -3.00. The molecular formula is C20H26ClNO4. The number of carbonyl (C=O) groups excluding carboxylic acids is 1. The molecule has 0 radical (unpaired) electrons. The molecule has 0 saturated carbocycles. The van der Waals surface area contributed by atoms with Crippen molar-refractivity contribution in [1.29, 1.82) is 0 Å². The molecule has 0 amide bonds. The number of methoxy groups -OCH3 is 3. The van der Waals surface area contributed by atoms with Crippen LogP contribution in [-0.2, 0) is 6.42 Å². The van der Waals surface area contributed by atoms with Crippen LogP contribution in [0.2, 0.25) is 0 Å². The maximum Gasteiger partial charge on any atom is 0.216 e. The summed E-state index contributed by atoms with van der Waals surface area (Å²) in [7, 11) is 4.87. The second-order valence-electron chi connectivity index (χ2n) is 5.73. The van der Waals surface area contributed by atoms with E-state index >= 15 is 0 Å². The fourth-order valence-corrected chi connectivity index (χ4v) is 2.63. The maximum atomic E-state index is 12.2. The number of rotatable bonds is 10. The predicted molar refractivity (Wildman–Crippen MR) is 96.9 cm³/mol. The van der Waals surface area contributed by atoms with Gasteiger partial charge in [-0.25, -0.2) is 0 Å². The molecule has 2 aromatic rings. The summed E-state index contributed by atoms with van der Waals surface area (Å²) in [6.45, 7) is 1.34. The number of benzene rings is 2. The molecule has 2 N–H and O–H groups in total. The summed E-state index contributed by atoms with van der Waals surface area (Å²) in [4.78, 5) is 12.2. The van der Waals surface area contributed by atoms with Crippen molar-refractivity contribution in [2.45, 2.75) is 12.8 Å². The third-order valence-corrected chi connectivity index (χ3v) is 4.04. The van der Waals surface area contributed by atoms with Crippen LogP contribution in [0.3, 0.4) is 0 Å². The highest BCUT2D eigenvalue weighted by atomic mass is 35.5. The molecule has 0 aromatic heterocycles. The van der Waals surface area contributed by atoms with Crippen LogP contribution in [0.1, 0.15) is 22.3 Å². The zero-order valence-corrected chi connectivity index (χ0v) is 16.2. The Bertz CT molecular complexity index is 706. The van der Waals surface area contributed by atoms with E-state index in [1.165, 1.54) is 5.56 Å². The van der Waals surface area contributed by atoms with Gasteiger partial charge < -0.3 is 31.9 Å². The van der Waals surface area contributed by atoms with Crippen LogP contribution >= 0.6 is 0 Å². The van der Waals surface area contributed by atoms with Crippen molar-refractivity contribution >= 4 is 5.78 Å². The first kappa shape index (κ1) is 21.8. The number of ether oxygens (including phenoxy) is 3. The van der Waals surface area contributed by atoms with Gasteiger partial charge >= 0.3 is 0 Å². The summed E-state index contributed by atoms with van der Waals surface area (Å²) in [5.74, 6) is 2.31. The van der Waals surface area contributed by atoms with Crippen molar-refractivity contribution in [3.05, 3.63) is 53.6 Å². The van der Waals surface area contributed by atoms with Crippen molar-refractivity contribution in [3.8, 4) is 17.2 Å². The number of Topliss-reactive ketones (excluding diaryl/α,β-unsaturated/α-hetero) is 1. The lowest BCUT2D eigenvalue weighted by Gasteiger charge is -2.09. The highest BCUT2D eigenvalue weighted by molar-refractivity contribution is 5.97. The van der Waals surface area contributed by atoms with Gasteiger partial charge in [-0.15, -0.1) is 0 Å². The molecule has 0 unspecified atom stereocenters. The first-order chi connectivity index (χ1) is 12.2. The van der Waals surface area contributed by atoms with E-state index in [2.05, 4.69) is 0 Å². The van der Waals surface area contributed by atoms with Crippen LogP contribution in [0.25, 0.3) is 0 Å². The number of aryl methyl sites for hydroxylation is 1. The Labute approximate surface area is 161 Å². The summed E-state index contributed by atoms with van der Waals surface area (Å²) in [5, 5.41) is 2.04. The van der Waals surface area contributed by atoms with Gasteiger partial charge in [0.05, 0.1) is 27.9 Å². The van der Waals surface area contributed by atoms with E-state index in [9.17, 15) is 4.79 Å². The molecule has 26 heavy (non-hydrogen) atoms. The fraction of sp³-hybridized carbons (Fsp3) is 0.350. The molecule has 2 rings (SSSR count). The van der Waals surface area contributed by atoms with Crippen LogP contribution in [0, 0.1) is 0 Å². The van der Waals surface area contributed by atoms with Gasteiger partial charge in [0.2, 0.25) is 5.78 Å². The molecule has 0 fully saturated rings. The van der Waals surface area contributed by atoms with Crippen molar-refractivity contribution in [1.82, 2.24) is 0 Å². The van der Waals surface area contributed by atoms with E-state index in [1.54, 1.807) is 27.4 Å². The van der Waals surface area contributed by atoms with Crippen LogP contribution in [-0.4, -0.2) is 40.2 Å². The Morgan fingerprint density at radius 3 is 2.42 bits per heavy atom. The standard InChI is InChI=1S/C20H25NO4.ClH/c1-23-17-8-4-7-16(13-17)18(22)14-21-11-5-6-15-9-10-19(24-2)20(12-15)25-3;/h4,7-10,12-13,21H,5-6,11,14H2,1-3H3;1H. The van der Waals surface area contributed by atoms with Crippen LogP contribution in [0.4, 0.5) is 0 Å². The average Bonchev–Trinajstić information content (AvgIpc) is 2.67. The van der Waals surface area contributed by atoms with Gasteiger partial charge in [-0.3, -0.25) is 4.79 Å². The van der Waals surface area contributed by atoms with Gasteiger partial charge in [-0.2, -0.15) is 0 Å². The molecule has 2 aromatic carbocycles. The van der Waals surface area contributed by atoms with Gasteiger partial charge in [0.1, 0.15) is 12.3 Å². The van der Waals surface area contributed by atoms with E-state index in [1.807, 2.05) is 41.7 Å². The third-order valence-electron chi connectivity index (χ3n) is 4.04. The largest absolute Gasteiger partial charge is 1.00 e. The second kappa shape index (κ2) is 11.4. The third kappa shape index (κ3) is 6.24. The van der Waals surface area contributed by atoms with Crippen LogP contribution in [0.15, 0.2) is 42.5 Å². The van der Waals surface area contributed by atoms with Gasteiger partial charge in [0.25, 0.3) is 0 Å². The number of hydrogen-bond acceptors (Lipinski definition) is 4. The number of ketones is 1. The SMILES string of the molecule is COc1cccc(C(=O)C[NH2+]CCCc2ccc(OC)c(OC)c2)c1.[Cl-]. The molecular weight excluding hydrogens is 354 g/mol. The lowest BCUT2D eigenvalue weighted by molar-refractivity contribution is -0.643. The molecule has 0 saturated heterocycles. The minimum absolute atomic E-state index is 0. The predicted octanol–water partition coefficient (Wildman–Crippen LogP) is -0.905. The quantitative estimate of drug-likeness (QED) is 0.429. The van der Waals surface area contributed by atoms with Crippen molar-refractivity contribution in [2.75, 3.05) is 34.4 Å². The van der Waals surface area contributed by atoms with E-state index < -0.39 is 0 Å². The number of quaternary nitrogens is 1. The Morgan fingerprint density at radius 1 is 0.962 bits per heavy atom. The molecule has 0 bridgehead atoms. The van der Waals surface area contributed by atoms with E-state index in [-0.39, 0.29) is 18.2 Å². The first-order valence-corrected chi connectivity index (χ1v) is 8.37. The molecule has 0 aliphatic carbocycles. The number of nitrogens with two attached hydrogens (primary N) is 1. The fourth-order valence-electron chi connectivity index (χ4n) is 2.63. The number of halogens is 1. The normalized spacial score (nSPS) is 9.96. The second-order valence-corrected chi connectivity index (χ2v) is 5.73. The minimum atomic E-state index is 0. The van der Waals surface area contributed by atoms with Crippen LogP contribution in [0.5, 0.6) is 17.2 Å². The van der Waals surface area contributed by atoms with Gasteiger partial charge in [0.15, 0.2) is 11.5 Å². The molecule has 0 aliphatic rings. The summed E-state index contributed by atoms with van der Waals surface area (Å²) in [6.07, 6.45) is 1.92. The molecule has 0 spiro atoms. The Morgan fingerprint density at radius 2 is 1.73 bits per heavy atom. The Balaban J connectivity index is 0.00000338. The van der Waals surface area contributed by atoms with E-state index in [4.69, 9.17) is 14.2 Å². The highest BCUT2D eigenvalue weighted by Gasteiger charge is 2.09. The zero-order chi connectivity index (χ0) is 18.1. The molecule has 6 heteroatoms. The monoisotopic (exact) mass is 379 g/mol. The Kier molecular flexibility index (Phi) is 9.55. The summed E-state index contributed by atoms with van der Waals surface area (Å²) >= 11 is 0. The van der Waals surface area contributed by atoms with Crippen molar-refractivity contribution < 1.29 is 36.7 Å². The van der Waals surface area contributed by atoms with Gasteiger partial charge in [-0.1, -0.05) is 18.2 Å². The van der Waals surface area contributed by atoms with Crippen molar-refractivity contribution in [2.24, 2.45) is 0 Å². The first-order valence-electron chi connectivity index (χ1n) is 8.37. The number of carbonyl (C=O) groups is 1. The molecule has 0 aliphatic heterocycles. The molecule has 5 nitrogen and oxygen atoms in total. The topological polar surface area (TPSA) is 61.4 Å². The Hall–Kier alpha value is -2.24. The molecule has 0 heterocycles. The number of hydrogen-bond donors (Lipinski definition) is 1. The van der Waals surface area contributed by atoms with Gasteiger partial charge in [0, 0.05) is 12.0 Å². The maximum absolute atomic E-state index is 12.2. The minimum Gasteiger partial charge on any atom is -1.00 e. The summed E-state index contributed by atoms with van der Waals surface area (Å²) in [5.41, 5.74) is 1.89. The highest BCUT2D eigenvalue weighted by Crippen LogP contribution is 2.27. The van der Waals surface area contributed by atoms with E-state index in [0.717, 1.165) is 30.9 Å². The zero-order valence-electron chi connectivity index (χ0n) is 15.5. The van der Waals surface area contributed by atoms with E-state index in [0.29, 0.717) is 17.9 Å². The smallest absolute Gasteiger partial charge is 0.216 e. The molecule has 0 atom stereocenters. The van der Waals surface area contributed by atoms with Gasteiger partial charge in [-0.05, 0) is 36.2 Å². The summed E-state index contributed by atoms with van der Waals surface area (Å²) < 4.78 is 15.7. The molecule has 142 valence electrons. The lowest BCUT2D eigenvalue weighted by atomic mass is 10.1. The van der Waals surface area contributed by atoms with Crippen molar-refractivity contribution in [3.63, 3.8) is 0 Å². The summed E-state index contributed by atoms with van der Waals surface area (Å²) in [6, 6.07) is 13.2.